The van der Waals surface area contributed by atoms with Crippen LogP contribution in [0.4, 0.5) is 4.79 Å². The first-order valence-electron chi connectivity index (χ1n) is 8.32. The topological polar surface area (TPSA) is 60.9 Å². The fourth-order valence-electron chi connectivity index (χ4n) is 3.30. The summed E-state index contributed by atoms with van der Waals surface area (Å²) in [6.07, 6.45) is 8.06. The minimum atomic E-state index is -0.255. The lowest BCUT2D eigenvalue weighted by atomic mass is 10.1. The molecule has 1 saturated carbocycles. The molecule has 1 aliphatic heterocycles. The summed E-state index contributed by atoms with van der Waals surface area (Å²) in [5.74, 6) is -0.0450. The third kappa shape index (κ3) is 3.99. The van der Waals surface area contributed by atoms with Crippen LogP contribution in [0.3, 0.4) is 0 Å². The molecule has 1 heterocycles. The lowest BCUT2D eigenvalue weighted by molar-refractivity contribution is -0.133. The Morgan fingerprint density at radius 1 is 1.18 bits per heavy atom. The first-order chi connectivity index (χ1) is 10.5. The molecule has 0 aromatic carbocycles. The second kappa shape index (κ2) is 7.61. The van der Waals surface area contributed by atoms with Crippen molar-refractivity contribution in [3.8, 4) is 0 Å². The smallest absolute Gasteiger partial charge is 0.326 e. The van der Waals surface area contributed by atoms with Gasteiger partial charge in [0.05, 0.1) is 0 Å². The van der Waals surface area contributed by atoms with E-state index in [1.807, 2.05) is 11.9 Å². The number of amides is 4. The maximum atomic E-state index is 12.3. The molecule has 0 atom stereocenters. The number of hydrogen-bond donors (Lipinski definition) is 0. The summed E-state index contributed by atoms with van der Waals surface area (Å²) in [6, 6.07) is 0.103. The molecule has 0 aromatic rings. The molecule has 0 aromatic heterocycles. The van der Waals surface area contributed by atoms with Gasteiger partial charge >= 0.3 is 6.03 Å². The summed E-state index contributed by atoms with van der Waals surface area (Å²) in [5, 5.41) is 0. The van der Waals surface area contributed by atoms with Crippen molar-refractivity contribution in [2.45, 2.75) is 57.4 Å². The van der Waals surface area contributed by atoms with E-state index in [4.69, 9.17) is 0 Å². The van der Waals surface area contributed by atoms with E-state index in [1.165, 1.54) is 35.5 Å². The van der Waals surface area contributed by atoms with Crippen molar-refractivity contribution < 1.29 is 14.4 Å². The van der Waals surface area contributed by atoms with Crippen LogP contribution in [0.2, 0.25) is 0 Å². The molecule has 4 amide bonds. The van der Waals surface area contributed by atoms with Crippen LogP contribution in [0.15, 0.2) is 0 Å². The Labute approximate surface area is 132 Å². The summed E-state index contributed by atoms with van der Waals surface area (Å²) in [5.41, 5.74) is 0. The highest BCUT2D eigenvalue weighted by atomic mass is 16.2. The minimum absolute atomic E-state index is 0.124. The Kier molecular flexibility index (Phi) is 5.80. The highest BCUT2D eigenvalue weighted by Gasteiger charge is 2.33. The zero-order valence-corrected chi connectivity index (χ0v) is 13.7. The largest absolute Gasteiger partial charge is 0.343 e. The predicted octanol–water partition coefficient (Wildman–Crippen LogP) is 1.84. The Morgan fingerprint density at radius 3 is 2.36 bits per heavy atom. The molecule has 0 N–H and O–H groups in total. The minimum Gasteiger partial charge on any atom is -0.343 e. The fourth-order valence-corrected chi connectivity index (χ4v) is 3.30. The summed E-state index contributed by atoms with van der Waals surface area (Å²) in [7, 11) is 3.50. The van der Waals surface area contributed by atoms with Crippen LogP contribution in [0.25, 0.3) is 0 Å². The maximum absolute atomic E-state index is 12.3. The van der Waals surface area contributed by atoms with Gasteiger partial charge in [-0.25, -0.2) is 4.79 Å². The van der Waals surface area contributed by atoms with Crippen LogP contribution in [0, 0.1) is 0 Å². The molecule has 0 bridgehead atoms. The van der Waals surface area contributed by atoms with E-state index in [1.54, 1.807) is 7.05 Å². The monoisotopic (exact) mass is 309 g/mol. The zero-order chi connectivity index (χ0) is 16.1. The van der Waals surface area contributed by atoms with Crippen molar-refractivity contribution >= 4 is 17.8 Å². The Balaban J connectivity index is 1.75. The van der Waals surface area contributed by atoms with Gasteiger partial charge in [-0.15, -0.1) is 0 Å². The predicted molar refractivity (Wildman–Crippen MR) is 83.2 cm³/mol. The van der Waals surface area contributed by atoms with Gasteiger partial charge in [-0.1, -0.05) is 25.7 Å². The van der Waals surface area contributed by atoms with Crippen molar-refractivity contribution in [2.24, 2.45) is 0 Å². The van der Waals surface area contributed by atoms with E-state index in [2.05, 4.69) is 0 Å². The standard InChI is InChI=1S/C16H27N3O3/c1-17-12-15(21)19(16(17)22)11-7-10-14(20)18(2)13-8-5-3-4-6-9-13/h13H,3-12H2,1-2H3. The van der Waals surface area contributed by atoms with Gasteiger partial charge in [0.2, 0.25) is 11.8 Å². The first-order valence-corrected chi connectivity index (χ1v) is 8.32. The van der Waals surface area contributed by atoms with E-state index < -0.39 is 0 Å². The number of nitrogens with zero attached hydrogens (tertiary/aromatic N) is 3. The third-order valence-electron chi connectivity index (χ3n) is 4.77. The number of rotatable bonds is 5. The van der Waals surface area contributed by atoms with Gasteiger partial charge in [-0.2, -0.15) is 0 Å². The van der Waals surface area contributed by atoms with Crippen LogP contribution in [0.1, 0.15) is 51.4 Å². The Morgan fingerprint density at radius 2 is 1.82 bits per heavy atom. The van der Waals surface area contributed by atoms with Gasteiger partial charge in [0.1, 0.15) is 6.54 Å². The molecule has 0 radical (unpaired) electrons. The number of hydrogen-bond acceptors (Lipinski definition) is 3. The lowest BCUT2D eigenvalue weighted by Gasteiger charge is -2.27. The van der Waals surface area contributed by atoms with Crippen LogP contribution >= 0.6 is 0 Å². The summed E-state index contributed by atoms with van der Waals surface area (Å²) < 4.78 is 0. The molecule has 6 nitrogen and oxygen atoms in total. The number of urea groups is 1. The Bertz CT molecular complexity index is 430. The molecule has 2 rings (SSSR count). The third-order valence-corrected chi connectivity index (χ3v) is 4.77. The van der Waals surface area contributed by atoms with Crippen molar-refractivity contribution in [1.82, 2.24) is 14.7 Å². The number of carbonyl (C=O) groups is 3. The zero-order valence-electron chi connectivity index (χ0n) is 13.7. The molecule has 6 heteroatoms. The summed E-state index contributed by atoms with van der Waals surface area (Å²) in [6.45, 7) is 0.487. The maximum Gasteiger partial charge on any atom is 0.326 e. The van der Waals surface area contributed by atoms with Gasteiger partial charge in [0.15, 0.2) is 0 Å². The second-order valence-corrected chi connectivity index (χ2v) is 6.44. The van der Waals surface area contributed by atoms with Gasteiger partial charge in [-0.05, 0) is 19.3 Å². The van der Waals surface area contributed by atoms with E-state index in [-0.39, 0.29) is 24.4 Å². The number of carbonyl (C=O) groups excluding carboxylic acids is 3. The number of imide groups is 1. The van der Waals surface area contributed by atoms with E-state index >= 15 is 0 Å². The van der Waals surface area contributed by atoms with Crippen LogP contribution in [0.5, 0.6) is 0 Å². The van der Waals surface area contributed by atoms with E-state index in [0.717, 1.165) is 12.8 Å². The van der Waals surface area contributed by atoms with Crippen LogP contribution in [-0.4, -0.2) is 65.8 Å². The average molecular weight is 309 g/mol. The van der Waals surface area contributed by atoms with E-state index in [0.29, 0.717) is 25.4 Å². The second-order valence-electron chi connectivity index (χ2n) is 6.44. The van der Waals surface area contributed by atoms with Crippen molar-refractivity contribution in [2.75, 3.05) is 27.2 Å². The van der Waals surface area contributed by atoms with Crippen molar-refractivity contribution in [3.63, 3.8) is 0 Å². The highest BCUT2D eigenvalue weighted by Crippen LogP contribution is 2.21. The molecule has 2 fully saturated rings. The molecule has 2 aliphatic rings. The average Bonchev–Trinajstić information content (AvgIpc) is 2.70. The summed E-state index contributed by atoms with van der Waals surface area (Å²) in [4.78, 5) is 40.2. The first kappa shape index (κ1) is 16.8. The molecular formula is C16H27N3O3. The SMILES string of the molecule is CN1CC(=O)N(CCCC(=O)N(C)C2CCCCCC2)C1=O. The van der Waals surface area contributed by atoms with Gasteiger partial charge in [-0.3, -0.25) is 14.5 Å². The molecule has 1 aliphatic carbocycles. The van der Waals surface area contributed by atoms with Gasteiger partial charge in [0.25, 0.3) is 0 Å². The molecule has 124 valence electrons. The fraction of sp³-hybridized carbons (Fsp3) is 0.812. The molecule has 0 unspecified atom stereocenters. The van der Waals surface area contributed by atoms with E-state index in [9.17, 15) is 14.4 Å². The van der Waals surface area contributed by atoms with Crippen molar-refractivity contribution in [3.05, 3.63) is 0 Å². The Hall–Kier alpha value is -1.59. The van der Waals surface area contributed by atoms with Gasteiger partial charge in [0, 0.05) is 33.1 Å². The molecular weight excluding hydrogens is 282 g/mol. The summed E-state index contributed by atoms with van der Waals surface area (Å²) >= 11 is 0. The van der Waals surface area contributed by atoms with Crippen LogP contribution < -0.4 is 0 Å². The number of likely N-dealkylation sites (N-methyl/N-ethyl adjacent to an activating group) is 1. The normalized spacial score (nSPS) is 20.5. The quantitative estimate of drug-likeness (QED) is 0.575. The van der Waals surface area contributed by atoms with Crippen LogP contribution in [-0.2, 0) is 9.59 Å². The molecule has 0 spiro atoms. The van der Waals surface area contributed by atoms with Gasteiger partial charge < -0.3 is 9.80 Å². The lowest BCUT2D eigenvalue weighted by Crippen LogP contribution is -2.37. The molecule has 22 heavy (non-hydrogen) atoms. The molecule has 1 saturated heterocycles. The van der Waals surface area contributed by atoms with Crippen molar-refractivity contribution in [1.29, 1.82) is 0 Å². The highest BCUT2D eigenvalue weighted by molar-refractivity contribution is 6.01.